The number of aryl methyl sites for hydroxylation is 3. The third-order valence-corrected chi connectivity index (χ3v) is 3.15. The van der Waals surface area contributed by atoms with Crippen LogP contribution >= 0.6 is 0 Å². The molecule has 0 radical (unpaired) electrons. The lowest BCUT2D eigenvalue weighted by molar-refractivity contribution is 0.0982. The second kappa shape index (κ2) is 8.63. The summed E-state index contributed by atoms with van der Waals surface area (Å²) in [6.45, 7) is 5.40. The molecule has 9 nitrogen and oxygen atoms in total. The van der Waals surface area contributed by atoms with E-state index in [9.17, 15) is 9.59 Å². The molecule has 24 heavy (non-hydrogen) atoms. The van der Waals surface area contributed by atoms with Crippen molar-refractivity contribution in [1.29, 1.82) is 0 Å². The summed E-state index contributed by atoms with van der Waals surface area (Å²) < 4.78 is 0. The molecular weight excluding hydrogens is 312 g/mol. The summed E-state index contributed by atoms with van der Waals surface area (Å²) in [5.74, 6) is -1.18. The Balaban J connectivity index is 0.000000240. The molecule has 0 fully saturated rings. The van der Waals surface area contributed by atoms with Gasteiger partial charge in [-0.3, -0.25) is 9.59 Å². The Labute approximate surface area is 139 Å². The smallest absolute Gasteiger partial charge is 0.286 e. The Morgan fingerprint density at radius 3 is 1.67 bits per heavy atom. The molecule has 2 aromatic heterocycles. The molecule has 2 aromatic rings. The Bertz CT molecular complexity index is 684. The summed E-state index contributed by atoms with van der Waals surface area (Å²) in [5, 5.41) is 8.75. The van der Waals surface area contributed by atoms with Crippen molar-refractivity contribution >= 4 is 11.8 Å². The van der Waals surface area contributed by atoms with Gasteiger partial charge in [-0.15, -0.1) is 0 Å². The number of aliphatic hydroxyl groups excluding tert-OH is 1. The maximum atomic E-state index is 10.6. The van der Waals surface area contributed by atoms with Crippen LogP contribution in [0.4, 0.5) is 0 Å². The van der Waals surface area contributed by atoms with Crippen molar-refractivity contribution in [1.82, 2.24) is 19.9 Å². The van der Waals surface area contributed by atoms with E-state index in [0.29, 0.717) is 11.3 Å². The fourth-order valence-electron chi connectivity index (χ4n) is 1.72. The lowest BCUT2D eigenvalue weighted by Gasteiger charge is -2.01. The van der Waals surface area contributed by atoms with Gasteiger partial charge in [0.25, 0.3) is 11.8 Å². The minimum absolute atomic E-state index is 0.0234. The summed E-state index contributed by atoms with van der Waals surface area (Å²) in [6, 6.07) is 0. The number of rotatable bonds is 4. The van der Waals surface area contributed by atoms with Gasteiger partial charge in [0.1, 0.15) is 0 Å². The zero-order valence-corrected chi connectivity index (χ0v) is 13.8. The van der Waals surface area contributed by atoms with Crippen LogP contribution in [-0.2, 0) is 13.0 Å². The molecule has 0 aliphatic heterocycles. The molecule has 0 bridgehead atoms. The van der Waals surface area contributed by atoms with Crippen molar-refractivity contribution in [2.24, 2.45) is 11.5 Å². The van der Waals surface area contributed by atoms with E-state index < -0.39 is 11.8 Å². The molecule has 5 N–H and O–H groups in total. The van der Waals surface area contributed by atoms with Crippen LogP contribution in [0.1, 0.15) is 50.7 Å². The van der Waals surface area contributed by atoms with Crippen molar-refractivity contribution in [2.75, 3.05) is 0 Å². The van der Waals surface area contributed by atoms with Crippen LogP contribution in [0, 0.1) is 13.8 Å². The first-order chi connectivity index (χ1) is 11.3. The number of aliphatic hydroxyl groups is 1. The minimum Gasteiger partial charge on any atom is -0.392 e. The minimum atomic E-state index is -0.664. The quantitative estimate of drug-likeness (QED) is 0.700. The van der Waals surface area contributed by atoms with Crippen LogP contribution in [-0.4, -0.2) is 36.9 Å². The number of hydrogen-bond acceptors (Lipinski definition) is 7. The number of hydrogen-bond donors (Lipinski definition) is 3. The van der Waals surface area contributed by atoms with Crippen molar-refractivity contribution in [3.05, 3.63) is 46.6 Å². The summed E-state index contributed by atoms with van der Waals surface area (Å²) in [7, 11) is 0. The Hall–Kier alpha value is -2.94. The maximum absolute atomic E-state index is 10.6. The predicted octanol–water partition coefficient (Wildman–Crippen LogP) is -0.177. The van der Waals surface area contributed by atoms with Crippen molar-refractivity contribution < 1.29 is 14.7 Å². The Morgan fingerprint density at radius 2 is 1.38 bits per heavy atom. The molecule has 2 heterocycles. The average molecular weight is 332 g/mol. The number of carbonyl (C=O) groups is 2. The van der Waals surface area contributed by atoms with Gasteiger partial charge in [0.05, 0.1) is 6.61 Å². The zero-order chi connectivity index (χ0) is 18.3. The lowest BCUT2D eigenvalue weighted by Crippen LogP contribution is -2.16. The first-order valence-corrected chi connectivity index (χ1v) is 7.15. The fraction of sp³-hybridized carbons (Fsp3) is 0.333. The van der Waals surface area contributed by atoms with E-state index >= 15 is 0 Å². The average Bonchev–Trinajstić information content (AvgIpc) is 2.55. The maximum Gasteiger partial charge on any atom is 0.286 e. The number of primary amides is 2. The molecule has 0 unspecified atom stereocenters. The van der Waals surface area contributed by atoms with Gasteiger partial charge in [-0.05, 0) is 25.8 Å². The summed E-state index contributed by atoms with van der Waals surface area (Å²) in [4.78, 5) is 36.5. The molecule has 0 aliphatic rings. The van der Waals surface area contributed by atoms with Gasteiger partial charge in [-0.25, -0.2) is 19.9 Å². The summed E-state index contributed by atoms with van der Waals surface area (Å²) >= 11 is 0. The van der Waals surface area contributed by atoms with E-state index in [4.69, 9.17) is 16.6 Å². The van der Waals surface area contributed by atoms with E-state index in [0.717, 1.165) is 17.7 Å². The van der Waals surface area contributed by atoms with Gasteiger partial charge in [0.2, 0.25) is 11.6 Å². The van der Waals surface area contributed by atoms with E-state index in [2.05, 4.69) is 19.9 Å². The van der Waals surface area contributed by atoms with Gasteiger partial charge in [0, 0.05) is 29.3 Å². The fourth-order valence-corrected chi connectivity index (χ4v) is 1.72. The van der Waals surface area contributed by atoms with Gasteiger partial charge in [-0.2, -0.15) is 0 Å². The number of aromatic nitrogens is 4. The van der Waals surface area contributed by atoms with Crippen LogP contribution in [0.3, 0.4) is 0 Å². The third-order valence-electron chi connectivity index (χ3n) is 3.15. The largest absolute Gasteiger partial charge is 0.392 e. The third kappa shape index (κ3) is 5.06. The lowest BCUT2D eigenvalue weighted by atomic mass is 10.2. The van der Waals surface area contributed by atoms with Crippen molar-refractivity contribution in [3.63, 3.8) is 0 Å². The summed E-state index contributed by atoms with van der Waals surface area (Å²) in [5.41, 5.74) is 13.0. The Morgan fingerprint density at radius 1 is 0.958 bits per heavy atom. The van der Waals surface area contributed by atoms with Crippen molar-refractivity contribution in [3.8, 4) is 0 Å². The molecule has 9 heteroatoms. The Kier molecular flexibility index (Phi) is 6.87. The zero-order valence-electron chi connectivity index (χ0n) is 13.8. The molecular formula is C15H20N6O3. The highest BCUT2D eigenvalue weighted by molar-refractivity contribution is 5.89. The van der Waals surface area contributed by atoms with E-state index in [1.807, 2.05) is 13.8 Å². The second-order valence-corrected chi connectivity index (χ2v) is 4.85. The molecule has 2 amide bonds. The molecule has 0 spiro atoms. The highest BCUT2D eigenvalue weighted by Crippen LogP contribution is 2.04. The number of nitrogens with zero attached hydrogens (tertiary/aromatic N) is 4. The van der Waals surface area contributed by atoms with Crippen molar-refractivity contribution in [2.45, 2.75) is 33.8 Å². The first-order valence-electron chi connectivity index (χ1n) is 7.15. The van der Waals surface area contributed by atoms with Crippen LogP contribution in [0.15, 0.2) is 12.4 Å². The van der Waals surface area contributed by atoms with Crippen LogP contribution < -0.4 is 11.5 Å². The molecule has 128 valence electrons. The number of nitrogens with two attached hydrogens (primary N) is 2. The molecule has 2 rings (SSSR count). The monoisotopic (exact) mass is 332 g/mol. The molecule has 0 saturated heterocycles. The molecule has 0 aliphatic carbocycles. The van der Waals surface area contributed by atoms with Gasteiger partial charge in [0.15, 0.2) is 0 Å². The number of amides is 2. The normalized spacial score (nSPS) is 9.83. The van der Waals surface area contributed by atoms with E-state index in [1.165, 1.54) is 6.20 Å². The highest BCUT2D eigenvalue weighted by atomic mass is 16.3. The first kappa shape index (κ1) is 19.1. The standard InChI is InChI=1S/C8H11N3O.C7H9N3O2/c1-3-6-4-10-8(7(9)12)11-5(6)2;1-4-5(3-11)2-9-7(10-4)6(8)12/h4H,3H2,1-2H3,(H2,9,12);2,11H,3H2,1H3,(H2,8,12). The highest BCUT2D eigenvalue weighted by Gasteiger charge is 2.06. The van der Waals surface area contributed by atoms with Crippen LogP contribution in [0.2, 0.25) is 0 Å². The second-order valence-electron chi connectivity index (χ2n) is 4.85. The van der Waals surface area contributed by atoms with Gasteiger partial charge < -0.3 is 16.6 Å². The van der Waals surface area contributed by atoms with Crippen LogP contribution in [0.5, 0.6) is 0 Å². The van der Waals surface area contributed by atoms with E-state index in [1.54, 1.807) is 13.1 Å². The summed E-state index contributed by atoms with van der Waals surface area (Å²) in [6.07, 6.45) is 3.90. The van der Waals surface area contributed by atoms with Gasteiger partial charge >= 0.3 is 0 Å². The van der Waals surface area contributed by atoms with Gasteiger partial charge in [-0.1, -0.05) is 6.92 Å². The molecule has 0 saturated carbocycles. The predicted molar refractivity (Wildman–Crippen MR) is 85.9 cm³/mol. The van der Waals surface area contributed by atoms with E-state index in [-0.39, 0.29) is 18.3 Å². The van der Waals surface area contributed by atoms with Crippen LogP contribution in [0.25, 0.3) is 0 Å². The molecule has 0 aromatic carbocycles. The number of carbonyl (C=O) groups excluding carboxylic acids is 2. The topological polar surface area (TPSA) is 158 Å². The SMILES string of the molecule is CCc1cnc(C(N)=O)nc1C.Cc1nc(C(N)=O)ncc1CO. The molecule has 0 atom stereocenters.